The van der Waals surface area contributed by atoms with E-state index in [0.717, 1.165) is 12.8 Å². The standard InChI is InChI=1S/C18H27FN4O/c1-20-18(21-12-10-14-6-2-5-9-16(14)19)22-13-11-17(24)23-15-7-3-4-8-15/h2,5-6,9,15H,3-4,7-8,10-13H2,1H3,(H,23,24)(H2,20,21,22). The van der Waals surface area contributed by atoms with Crippen molar-refractivity contribution in [2.24, 2.45) is 4.99 Å². The molecule has 0 heterocycles. The fourth-order valence-corrected chi connectivity index (χ4v) is 2.90. The molecule has 0 atom stereocenters. The second-order valence-corrected chi connectivity index (χ2v) is 6.07. The molecule has 132 valence electrons. The minimum atomic E-state index is -0.189. The molecule has 1 aliphatic rings. The lowest BCUT2D eigenvalue weighted by molar-refractivity contribution is -0.121. The van der Waals surface area contributed by atoms with E-state index in [4.69, 9.17) is 0 Å². The Morgan fingerprint density at radius 3 is 2.62 bits per heavy atom. The Kier molecular flexibility index (Phi) is 7.52. The summed E-state index contributed by atoms with van der Waals surface area (Å²) in [6.07, 6.45) is 5.61. The van der Waals surface area contributed by atoms with E-state index < -0.39 is 0 Å². The van der Waals surface area contributed by atoms with Crippen LogP contribution in [-0.2, 0) is 11.2 Å². The van der Waals surface area contributed by atoms with Crippen LogP contribution < -0.4 is 16.0 Å². The third-order valence-corrected chi connectivity index (χ3v) is 4.23. The van der Waals surface area contributed by atoms with Gasteiger partial charge in [-0.05, 0) is 30.9 Å². The van der Waals surface area contributed by atoms with E-state index in [1.165, 1.54) is 18.9 Å². The molecule has 1 saturated carbocycles. The Labute approximate surface area is 143 Å². The summed E-state index contributed by atoms with van der Waals surface area (Å²) < 4.78 is 13.5. The number of benzene rings is 1. The number of hydrogen-bond donors (Lipinski definition) is 3. The fraction of sp³-hybridized carbons (Fsp3) is 0.556. The summed E-state index contributed by atoms with van der Waals surface area (Å²) in [6.45, 7) is 1.10. The molecular formula is C18H27FN4O. The highest BCUT2D eigenvalue weighted by molar-refractivity contribution is 5.81. The minimum Gasteiger partial charge on any atom is -0.356 e. The first-order valence-corrected chi connectivity index (χ1v) is 8.66. The third-order valence-electron chi connectivity index (χ3n) is 4.23. The van der Waals surface area contributed by atoms with Crippen LogP contribution in [0, 0.1) is 5.82 Å². The highest BCUT2D eigenvalue weighted by Gasteiger charge is 2.16. The van der Waals surface area contributed by atoms with Crippen LogP contribution in [-0.4, -0.2) is 38.0 Å². The molecule has 0 radical (unpaired) electrons. The molecule has 0 saturated heterocycles. The predicted octanol–water partition coefficient (Wildman–Crippen LogP) is 1.98. The van der Waals surface area contributed by atoms with E-state index in [2.05, 4.69) is 20.9 Å². The van der Waals surface area contributed by atoms with E-state index in [1.807, 2.05) is 6.07 Å². The molecule has 0 spiro atoms. The predicted molar refractivity (Wildman–Crippen MR) is 94.5 cm³/mol. The number of hydrogen-bond acceptors (Lipinski definition) is 2. The van der Waals surface area contributed by atoms with Gasteiger partial charge in [-0.1, -0.05) is 31.0 Å². The third kappa shape index (κ3) is 6.18. The summed E-state index contributed by atoms with van der Waals surface area (Å²) in [7, 11) is 1.68. The Morgan fingerprint density at radius 2 is 1.92 bits per heavy atom. The number of nitrogens with one attached hydrogen (secondary N) is 3. The van der Waals surface area contributed by atoms with Crippen LogP contribution in [0.1, 0.15) is 37.7 Å². The van der Waals surface area contributed by atoms with Gasteiger partial charge in [0, 0.05) is 32.6 Å². The molecule has 0 bridgehead atoms. The summed E-state index contributed by atoms with van der Waals surface area (Å²) >= 11 is 0. The molecule has 1 aromatic carbocycles. The summed E-state index contributed by atoms with van der Waals surface area (Å²) in [5.41, 5.74) is 0.677. The quantitative estimate of drug-likeness (QED) is 0.528. The first-order valence-electron chi connectivity index (χ1n) is 8.66. The maximum absolute atomic E-state index is 13.5. The van der Waals surface area contributed by atoms with Crippen molar-refractivity contribution in [3.05, 3.63) is 35.6 Å². The summed E-state index contributed by atoms with van der Waals surface area (Å²) in [4.78, 5) is 16.0. The summed E-state index contributed by atoms with van der Waals surface area (Å²) in [5, 5.41) is 9.30. The average molecular weight is 334 g/mol. The molecule has 1 amide bonds. The van der Waals surface area contributed by atoms with Crippen LogP contribution in [0.2, 0.25) is 0 Å². The first kappa shape index (κ1) is 18.2. The van der Waals surface area contributed by atoms with E-state index in [1.54, 1.807) is 19.2 Å². The Hall–Kier alpha value is -2.11. The SMILES string of the molecule is CN=C(NCCC(=O)NC1CCCC1)NCCc1ccccc1F. The molecular weight excluding hydrogens is 307 g/mol. The summed E-state index contributed by atoms with van der Waals surface area (Å²) in [6, 6.07) is 7.11. The molecule has 24 heavy (non-hydrogen) atoms. The zero-order valence-corrected chi connectivity index (χ0v) is 14.3. The van der Waals surface area contributed by atoms with Crippen molar-refractivity contribution < 1.29 is 9.18 Å². The maximum atomic E-state index is 13.5. The van der Waals surface area contributed by atoms with Crippen LogP contribution in [0.25, 0.3) is 0 Å². The van der Waals surface area contributed by atoms with Crippen molar-refractivity contribution >= 4 is 11.9 Å². The van der Waals surface area contributed by atoms with Crippen LogP contribution in [0.15, 0.2) is 29.3 Å². The lowest BCUT2D eigenvalue weighted by Gasteiger charge is -2.14. The van der Waals surface area contributed by atoms with Gasteiger partial charge in [0.05, 0.1) is 0 Å². The number of aliphatic imine (C=N–C) groups is 1. The van der Waals surface area contributed by atoms with Crippen LogP contribution >= 0.6 is 0 Å². The van der Waals surface area contributed by atoms with Crippen LogP contribution in [0.3, 0.4) is 0 Å². The lowest BCUT2D eigenvalue weighted by atomic mass is 10.1. The van der Waals surface area contributed by atoms with Gasteiger partial charge in [-0.25, -0.2) is 4.39 Å². The van der Waals surface area contributed by atoms with E-state index in [0.29, 0.717) is 43.5 Å². The normalized spacial score (nSPS) is 15.3. The van der Waals surface area contributed by atoms with Crippen molar-refractivity contribution in [2.45, 2.75) is 44.6 Å². The van der Waals surface area contributed by atoms with Gasteiger partial charge in [-0.2, -0.15) is 0 Å². The second kappa shape index (κ2) is 9.90. The maximum Gasteiger partial charge on any atom is 0.221 e. The van der Waals surface area contributed by atoms with Gasteiger partial charge in [0.15, 0.2) is 5.96 Å². The number of carbonyl (C=O) groups is 1. The van der Waals surface area contributed by atoms with Crippen molar-refractivity contribution in [1.82, 2.24) is 16.0 Å². The Morgan fingerprint density at radius 1 is 1.21 bits per heavy atom. The molecule has 0 aromatic heterocycles. The molecule has 3 N–H and O–H groups in total. The topological polar surface area (TPSA) is 65.5 Å². The number of guanidine groups is 1. The number of carbonyl (C=O) groups excluding carboxylic acids is 1. The molecule has 1 fully saturated rings. The van der Waals surface area contributed by atoms with Gasteiger partial charge in [0.2, 0.25) is 5.91 Å². The number of amides is 1. The van der Waals surface area contributed by atoms with Crippen LogP contribution in [0.4, 0.5) is 4.39 Å². The second-order valence-electron chi connectivity index (χ2n) is 6.07. The molecule has 1 aromatic rings. The van der Waals surface area contributed by atoms with Gasteiger partial charge in [0.25, 0.3) is 0 Å². The van der Waals surface area contributed by atoms with E-state index >= 15 is 0 Å². The summed E-state index contributed by atoms with van der Waals surface area (Å²) in [5.74, 6) is 0.516. The van der Waals surface area contributed by atoms with E-state index in [-0.39, 0.29) is 11.7 Å². The number of rotatable bonds is 7. The van der Waals surface area contributed by atoms with Gasteiger partial charge in [0.1, 0.15) is 5.82 Å². The van der Waals surface area contributed by atoms with Gasteiger partial charge >= 0.3 is 0 Å². The zero-order valence-electron chi connectivity index (χ0n) is 14.3. The minimum absolute atomic E-state index is 0.0798. The smallest absolute Gasteiger partial charge is 0.221 e. The Balaban J connectivity index is 1.61. The number of halogens is 1. The van der Waals surface area contributed by atoms with Crippen LogP contribution in [0.5, 0.6) is 0 Å². The van der Waals surface area contributed by atoms with Gasteiger partial charge < -0.3 is 16.0 Å². The lowest BCUT2D eigenvalue weighted by Crippen LogP contribution is -2.41. The Bertz CT molecular complexity index is 556. The molecule has 1 aliphatic carbocycles. The molecule has 0 aliphatic heterocycles. The zero-order chi connectivity index (χ0) is 17.2. The molecule has 0 unspecified atom stereocenters. The molecule has 2 rings (SSSR count). The highest BCUT2D eigenvalue weighted by Crippen LogP contribution is 2.17. The van der Waals surface area contributed by atoms with Crippen molar-refractivity contribution in [2.75, 3.05) is 20.1 Å². The van der Waals surface area contributed by atoms with Gasteiger partial charge in [-0.15, -0.1) is 0 Å². The van der Waals surface area contributed by atoms with E-state index in [9.17, 15) is 9.18 Å². The molecule has 5 nitrogen and oxygen atoms in total. The average Bonchev–Trinajstić information content (AvgIpc) is 3.08. The first-order chi connectivity index (χ1) is 11.7. The number of nitrogens with zero attached hydrogens (tertiary/aromatic N) is 1. The van der Waals surface area contributed by atoms with Crippen molar-refractivity contribution in [1.29, 1.82) is 0 Å². The van der Waals surface area contributed by atoms with Gasteiger partial charge in [-0.3, -0.25) is 9.79 Å². The highest BCUT2D eigenvalue weighted by atomic mass is 19.1. The largest absolute Gasteiger partial charge is 0.356 e. The molecule has 6 heteroatoms. The fourth-order valence-electron chi connectivity index (χ4n) is 2.90. The monoisotopic (exact) mass is 334 g/mol. The van der Waals surface area contributed by atoms with Crippen molar-refractivity contribution in [3.8, 4) is 0 Å². The van der Waals surface area contributed by atoms with Crippen molar-refractivity contribution in [3.63, 3.8) is 0 Å².